The van der Waals surface area contributed by atoms with E-state index in [1.807, 2.05) is 24.3 Å². The van der Waals surface area contributed by atoms with Crippen molar-refractivity contribution in [2.45, 2.75) is 40.7 Å². The van der Waals surface area contributed by atoms with Gasteiger partial charge < -0.3 is 10.2 Å². The number of nitrogens with one attached hydrogen (secondary N) is 1. The van der Waals surface area contributed by atoms with Gasteiger partial charge in [0.05, 0.1) is 0 Å². The maximum atomic E-state index is 12.2. The summed E-state index contributed by atoms with van der Waals surface area (Å²) in [4.78, 5) is 16.8. The average molecular weight is 305 g/mol. The molecule has 0 heterocycles. The normalized spacial score (nSPS) is 11.0. The van der Waals surface area contributed by atoms with Crippen molar-refractivity contribution >= 4 is 11.6 Å². The molecule has 0 radical (unpaired) electrons. The first-order chi connectivity index (χ1) is 10.5. The molecule has 1 amide bonds. The van der Waals surface area contributed by atoms with Crippen molar-refractivity contribution in [3.8, 4) is 0 Å². The highest BCUT2D eigenvalue weighted by Crippen LogP contribution is 2.14. The SMILES string of the molecule is CCN(CC)c1ccc(C(=O)NCCN(CC)C(C)C)cc1. The van der Waals surface area contributed by atoms with Crippen LogP contribution in [-0.4, -0.2) is 49.6 Å². The zero-order valence-electron chi connectivity index (χ0n) is 14.7. The molecule has 0 aromatic heterocycles. The molecule has 0 spiro atoms. The minimum absolute atomic E-state index is 0.00547. The van der Waals surface area contributed by atoms with Gasteiger partial charge in [0, 0.05) is 43.5 Å². The van der Waals surface area contributed by atoms with Crippen LogP contribution in [0.4, 0.5) is 5.69 Å². The van der Waals surface area contributed by atoms with Crippen LogP contribution in [-0.2, 0) is 0 Å². The number of rotatable bonds is 9. The van der Waals surface area contributed by atoms with E-state index in [1.54, 1.807) is 0 Å². The van der Waals surface area contributed by atoms with E-state index in [1.165, 1.54) is 5.69 Å². The van der Waals surface area contributed by atoms with E-state index in [-0.39, 0.29) is 5.91 Å². The number of anilines is 1. The van der Waals surface area contributed by atoms with Crippen LogP contribution in [0.25, 0.3) is 0 Å². The van der Waals surface area contributed by atoms with E-state index in [9.17, 15) is 4.79 Å². The van der Waals surface area contributed by atoms with Crippen LogP contribution in [0.2, 0.25) is 0 Å². The summed E-state index contributed by atoms with van der Waals surface area (Å²) in [5.74, 6) is 0.00547. The van der Waals surface area contributed by atoms with Crippen molar-refractivity contribution in [3.63, 3.8) is 0 Å². The smallest absolute Gasteiger partial charge is 0.251 e. The molecular weight excluding hydrogens is 274 g/mol. The molecule has 0 saturated carbocycles. The van der Waals surface area contributed by atoms with Crippen LogP contribution < -0.4 is 10.2 Å². The van der Waals surface area contributed by atoms with Gasteiger partial charge in [-0.25, -0.2) is 0 Å². The number of hydrogen-bond donors (Lipinski definition) is 1. The van der Waals surface area contributed by atoms with Gasteiger partial charge >= 0.3 is 0 Å². The Hall–Kier alpha value is -1.55. The predicted octanol–water partition coefficient (Wildman–Crippen LogP) is 2.99. The third kappa shape index (κ3) is 5.34. The van der Waals surface area contributed by atoms with E-state index in [2.05, 4.69) is 49.7 Å². The van der Waals surface area contributed by atoms with Crippen LogP contribution >= 0.6 is 0 Å². The van der Waals surface area contributed by atoms with E-state index >= 15 is 0 Å². The second kappa shape index (κ2) is 9.46. The largest absolute Gasteiger partial charge is 0.372 e. The van der Waals surface area contributed by atoms with Gasteiger partial charge in [0.2, 0.25) is 0 Å². The van der Waals surface area contributed by atoms with Gasteiger partial charge in [-0.3, -0.25) is 9.69 Å². The maximum absolute atomic E-state index is 12.2. The molecule has 0 fully saturated rings. The topological polar surface area (TPSA) is 35.6 Å². The Bertz CT molecular complexity index is 438. The highest BCUT2D eigenvalue weighted by molar-refractivity contribution is 5.94. The van der Waals surface area contributed by atoms with Gasteiger partial charge in [-0.05, 0) is 58.5 Å². The van der Waals surface area contributed by atoms with Crippen molar-refractivity contribution in [3.05, 3.63) is 29.8 Å². The van der Waals surface area contributed by atoms with E-state index < -0.39 is 0 Å². The first-order valence-corrected chi connectivity index (χ1v) is 8.40. The quantitative estimate of drug-likeness (QED) is 0.762. The molecule has 124 valence electrons. The summed E-state index contributed by atoms with van der Waals surface area (Å²) in [5, 5.41) is 3.00. The van der Waals surface area contributed by atoms with Crippen LogP contribution in [0, 0.1) is 0 Å². The molecule has 0 saturated heterocycles. The Balaban J connectivity index is 2.52. The molecule has 0 aliphatic carbocycles. The second-order valence-electron chi connectivity index (χ2n) is 5.70. The summed E-state index contributed by atoms with van der Waals surface area (Å²) >= 11 is 0. The summed E-state index contributed by atoms with van der Waals surface area (Å²) in [5.41, 5.74) is 1.89. The number of benzene rings is 1. The van der Waals surface area contributed by atoms with Gasteiger partial charge in [0.15, 0.2) is 0 Å². The van der Waals surface area contributed by atoms with Crippen LogP contribution in [0.1, 0.15) is 45.0 Å². The Morgan fingerprint density at radius 2 is 1.64 bits per heavy atom. The fourth-order valence-electron chi connectivity index (χ4n) is 2.61. The number of amides is 1. The van der Waals surface area contributed by atoms with E-state index in [0.717, 1.165) is 31.7 Å². The lowest BCUT2D eigenvalue weighted by molar-refractivity contribution is 0.0946. The first-order valence-electron chi connectivity index (χ1n) is 8.40. The fourth-order valence-corrected chi connectivity index (χ4v) is 2.61. The monoisotopic (exact) mass is 305 g/mol. The molecule has 0 bridgehead atoms. The van der Waals surface area contributed by atoms with Crippen LogP contribution in [0.5, 0.6) is 0 Å². The average Bonchev–Trinajstić information content (AvgIpc) is 2.53. The van der Waals surface area contributed by atoms with Crippen molar-refractivity contribution < 1.29 is 4.79 Å². The van der Waals surface area contributed by atoms with Crippen molar-refractivity contribution in [1.82, 2.24) is 10.2 Å². The van der Waals surface area contributed by atoms with Gasteiger partial charge in [0.1, 0.15) is 0 Å². The second-order valence-corrected chi connectivity index (χ2v) is 5.70. The fraction of sp³-hybridized carbons (Fsp3) is 0.611. The molecule has 4 nitrogen and oxygen atoms in total. The highest BCUT2D eigenvalue weighted by atomic mass is 16.1. The van der Waals surface area contributed by atoms with Crippen LogP contribution in [0.3, 0.4) is 0 Å². The Morgan fingerprint density at radius 1 is 1.05 bits per heavy atom. The molecule has 0 aliphatic heterocycles. The summed E-state index contributed by atoms with van der Waals surface area (Å²) in [7, 11) is 0. The highest BCUT2D eigenvalue weighted by Gasteiger charge is 2.09. The predicted molar refractivity (Wildman–Crippen MR) is 94.7 cm³/mol. The number of nitrogens with zero attached hydrogens (tertiary/aromatic N) is 2. The minimum atomic E-state index is 0.00547. The number of likely N-dealkylation sites (N-methyl/N-ethyl adjacent to an activating group) is 1. The molecule has 4 heteroatoms. The molecule has 1 rings (SSSR count). The number of carbonyl (C=O) groups excluding carboxylic acids is 1. The molecule has 1 N–H and O–H groups in total. The van der Waals surface area contributed by atoms with Gasteiger partial charge in [-0.2, -0.15) is 0 Å². The lowest BCUT2D eigenvalue weighted by atomic mass is 10.2. The van der Waals surface area contributed by atoms with Gasteiger partial charge in [-0.15, -0.1) is 0 Å². The zero-order chi connectivity index (χ0) is 16.5. The number of hydrogen-bond acceptors (Lipinski definition) is 3. The molecule has 0 atom stereocenters. The van der Waals surface area contributed by atoms with Gasteiger partial charge in [-0.1, -0.05) is 6.92 Å². The minimum Gasteiger partial charge on any atom is -0.372 e. The first kappa shape index (κ1) is 18.5. The van der Waals surface area contributed by atoms with E-state index in [0.29, 0.717) is 12.6 Å². The third-order valence-electron chi connectivity index (χ3n) is 4.08. The summed E-state index contributed by atoms with van der Waals surface area (Å²) in [6.07, 6.45) is 0. The Kier molecular flexibility index (Phi) is 7.96. The molecule has 0 unspecified atom stereocenters. The number of carbonyl (C=O) groups is 1. The standard InChI is InChI=1S/C18H31N3O/c1-6-20(7-2)17-11-9-16(10-12-17)18(22)19-13-14-21(8-3)15(4)5/h9-12,15H,6-8,13-14H2,1-5H3,(H,19,22). The summed E-state index contributed by atoms with van der Waals surface area (Å²) in [6.45, 7) is 15.3. The molecule has 1 aromatic carbocycles. The molecular formula is C18H31N3O. The summed E-state index contributed by atoms with van der Waals surface area (Å²) in [6, 6.07) is 8.37. The third-order valence-corrected chi connectivity index (χ3v) is 4.08. The van der Waals surface area contributed by atoms with Crippen molar-refractivity contribution in [1.29, 1.82) is 0 Å². The lowest BCUT2D eigenvalue weighted by Crippen LogP contribution is -2.38. The van der Waals surface area contributed by atoms with Crippen LogP contribution in [0.15, 0.2) is 24.3 Å². The Labute approximate surface area is 135 Å². The molecule has 0 aliphatic rings. The van der Waals surface area contributed by atoms with Crippen molar-refractivity contribution in [2.75, 3.05) is 37.6 Å². The summed E-state index contributed by atoms with van der Waals surface area (Å²) < 4.78 is 0. The lowest BCUT2D eigenvalue weighted by Gasteiger charge is -2.24. The van der Waals surface area contributed by atoms with Crippen molar-refractivity contribution in [2.24, 2.45) is 0 Å². The van der Waals surface area contributed by atoms with Gasteiger partial charge in [0.25, 0.3) is 5.91 Å². The molecule has 1 aromatic rings. The van der Waals surface area contributed by atoms with E-state index in [4.69, 9.17) is 0 Å². The molecule has 22 heavy (non-hydrogen) atoms. The Morgan fingerprint density at radius 3 is 2.09 bits per heavy atom. The zero-order valence-corrected chi connectivity index (χ0v) is 14.7. The maximum Gasteiger partial charge on any atom is 0.251 e.